The summed E-state index contributed by atoms with van der Waals surface area (Å²) in [6, 6.07) is 7.28. The lowest BCUT2D eigenvalue weighted by molar-refractivity contribution is 0.0953. The Kier molecular flexibility index (Phi) is 5.00. The van der Waals surface area contributed by atoms with Crippen molar-refractivity contribution >= 4 is 12.0 Å². The molecule has 1 rings (SSSR count). The molecule has 0 saturated heterocycles. The molecule has 0 saturated carbocycles. The summed E-state index contributed by atoms with van der Waals surface area (Å²) in [5, 5.41) is 5.16. The van der Waals surface area contributed by atoms with Gasteiger partial charge < -0.3 is 15.4 Å². The van der Waals surface area contributed by atoms with E-state index in [1.165, 1.54) is 7.11 Å². The molecule has 1 aromatic carbocycles. The zero-order valence-electron chi connectivity index (χ0n) is 9.95. The van der Waals surface area contributed by atoms with E-state index in [1.54, 1.807) is 12.1 Å². The summed E-state index contributed by atoms with van der Waals surface area (Å²) >= 11 is 0. The lowest BCUT2D eigenvalue weighted by atomic mass is 10.1. The van der Waals surface area contributed by atoms with E-state index in [-0.39, 0.29) is 5.91 Å². The molecule has 0 fully saturated rings. The van der Waals surface area contributed by atoms with Crippen LogP contribution in [0, 0.1) is 6.92 Å². The normalized spacial score (nSPS) is 9.53. The van der Waals surface area contributed by atoms with E-state index in [9.17, 15) is 9.59 Å². The molecule has 92 valence electrons. The van der Waals surface area contributed by atoms with Gasteiger partial charge in [-0.25, -0.2) is 4.79 Å². The first kappa shape index (κ1) is 13.0. The molecule has 1 aromatic rings. The Balaban J connectivity index is 2.30. The van der Waals surface area contributed by atoms with Crippen LogP contribution in [-0.2, 0) is 4.74 Å². The van der Waals surface area contributed by atoms with Gasteiger partial charge in [0.05, 0.1) is 7.11 Å². The highest BCUT2D eigenvalue weighted by atomic mass is 16.5. The molecule has 0 radical (unpaired) electrons. The fourth-order valence-corrected chi connectivity index (χ4v) is 1.22. The number of nitrogens with one attached hydrogen (secondary N) is 2. The van der Waals surface area contributed by atoms with Gasteiger partial charge in [0.2, 0.25) is 0 Å². The maximum atomic E-state index is 11.6. The van der Waals surface area contributed by atoms with Crippen molar-refractivity contribution in [3.05, 3.63) is 35.4 Å². The second-order valence-corrected chi connectivity index (χ2v) is 3.54. The molecule has 0 aromatic heterocycles. The maximum Gasteiger partial charge on any atom is 0.406 e. The topological polar surface area (TPSA) is 67.4 Å². The van der Waals surface area contributed by atoms with Crippen molar-refractivity contribution in [1.82, 2.24) is 10.6 Å². The summed E-state index contributed by atoms with van der Waals surface area (Å²) in [6.45, 7) is 2.66. The molecule has 5 heteroatoms. The van der Waals surface area contributed by atoms with E-state index in [0.29, 0.717) is 18.7 Å². The van der Waals surface area contributed by atoms with Crippen molar-refractivity contribution in [2.45, 2.75) is 6.92 Å². The van der Waals surface area contributed by atoms with E-state index in [1.807, 2.05) is 19.1 Å². The van der Waals surface area contributed by atoms with Gasteiger partial charge in [0.15, 0.2) is 0 Å². The van der Waals surface area contributed by atoms with Gasteiger partial charge in [-0.15, -0.1) is 0 Å². The summed E-state index contributed by atoms with van der Waals surface area (Å²) in [5.41, 5.74) is 1.71. The van der Waals surface area contributed by atoms with Crippen LogP contribution in [0.5, 0.6) is 0 Å². The number of rotatable bonds is 4. The lowest BCUT2D eigenvalue weighted by Crippen LogP contribution is -2.34. The van der Waals surface area contributed by atoms with Gasteiger partial charge in [0.25, 0.3) is 5.91 Å². The van der Waals surface area contributed by atoms with E-state index in [0.717, 1.165) is 5.56 Å². The first-order chi connectivity index (χ1) is 8.13. The average Bonchev–Trinajstić information content (AvgIpc) is 2.34. The molecular formula is C12H16N2O3. The number of ether oxygens (including phenoxy) is 1. The number of amides is 2. The Morgan fingerprint density at radius 2 is 1.71 bits per heavy atom. The molecule has 17 heavy (non-hydrogen) atoms. The monoisotopic (exact) mass is 236 g/mol. The van der Waals surface area contributed by atoms with Gasteiger partial charge >= 0.3 is 6.09 Å². The van der Waals surface area contributed by atoms with Crippen molar-refractivity contribution in [2.24, 2.45) is 0 Å². The number of benzene rings is 1. The quantitative estimate of drug-likeness (QED) is 0.769. The molecular weight excluding hydrogens is 220 g/mol. The van der Waals surface area contributed by atoms with Crippen LogP contribution in [0.15, 0.2) is 24.3 Å². The van der Waals surface area contributed by atoms with Crippen LogP contribution in [-0.4, -0.2) is 32.2 Å². The summed E-state index contributed by atoms with van der Waals surface area (Å²) < 4.78 is 4.39. The molecule has 0 bridgehead atoms. The predicted octanol–water partition coefficient (Wildman–Crippen LogP) is 1.08. The van der Waals surface area contributed by atoms with Crippen molar-refractivity contribution in [3.63, 3.8) is 0 Å². The van der Waals surface area contributed by atoms with E-state index < -0.39 is 6.09 Å². The Labute approximate surface area is 100 Å². The van der Waals surface area contributed by atoms with E-state index in [4.69, 9.17) is 0 Å². The minimum absolute atomic E-state index is 0.156. The highest BCUT2D eigenvalue weighted by molar-refractivity contribution is 5.94. The molecule has 5 nitrogen and oxygen atoms in total. The molecule has 0 aliphatic heterocycles. The van der Waals surface area contributed by atoms with E-state index >= 15 is 0 Å². The minimum Gasteiger partial charge on any atom is -0.453 e. The molecule has 0 unspecified atom stereocenters. The molecule has 0 spiro atoms. The number of carbonyl (C=O) groups excluding carboxylic acids is 2. The first-order valence-electron chi connectivity index (χ1n) is 5.30. The van der Waals surface area contributed by atoms with Crippen LogP contribution in [0.1, 0.15) is 15.9 Å². The standard InChI is InChI=1S/C12H16N2O3/c1-9-3-5-10(6-4-9)11(15)13-7-8-14-12(16)17-2/h3-6H,7-8H2,1-2H3,(H,13,15)(H,14,16). The highest BCUT2D eigenvalue weighted by Crippen LogP contribution is 2.02. The number of hydrogen-bond donors (Lipinski definition) is 2. The van der Waals surface area contributed by atoms with Crippen LogP contribution in [0.2, 0.25) is 0 Å². The summed E-state index contributed by atoms with van der Waals surface area (Å²) in [5.74, 6) is -0.156. The molecule has 2 N–H and O–H groups in total. The summed E-state index contributed by atoms with van der Waals surface area (Å²) in [6.07, 6.45) is -0.505. The van der Waals surface area contributed by atoms with Gasteiger partial charge in [0, 0.05) is 18.7 Å². The molecule has 0 heterocycles. The van der Waals surface area contributed by atoms with Gasteiger partial charge in [-0.1, -0.05) is 17.7 Å². The van der Waals surface area contributed by atoms with Crippen molar-refractivity contribution < 1.29 is 14.3 Å². The Morgan fingerprint density at radius 3 is 2.29 bits per heavy atom. The molecule has 0 aliphatic rings. The minimum atomic E-state index is -0.505. The van der Waals surface area contributed by atoms with Crippen LogP contribution < -0.4 is 10.6 Å². The lowest BCUT2D eigenvalue weighted by Gasteiger charge is -2.06. The van der Waals surface area contributed by atoms with Crippen LogP contribution in [0.4, 0.5) is 4.79 Å². The van der Waals surface area contributed by atoms with Crippen molar-refractivity contribution in [2.75, 3.05) is 20.2 Å². The largest absolute Gasteiger partial charge is 0.453 e. The van der Waals surface area contributed by atoms with Crippen LogP contribution in [0.3, 0.4) is 0 Å². The van der Waals surface area contributed by atoms with Gasteiger partial charge in [-0.3, -0.25) is 4.79 Å². The van der Waals surface area contributed by atoms with Crippen LogP contribution in [0.25, 0.3) is 0 Å². The number of alkyl carbamates (subject to hydrolysis) is 1. The Hall–Kier alpha value is -2.04. The number of carbonyl (C=O) groups is 2. The van der Waals surface area contributed by atoms with Crippen molar-refractivity contribution in [1.29, 1.82) is 0 Å². The molecule has 0 aliphatic carbocycles. The summed E-state index contributed by atoms with van der Waals surface area (Å²) in [7, 11) is 1.29. The zero-order chi connectivity index (χ0) is 12.7. The smallest absolute Gasteiger partial charge is 0.406 e. The predicted molar refractivity (Wildman–Crippen MR) is 63.9 cm³/mol. The second kappa shape index (κ2) is 6.52. The first-order valence-corrected chi connectivity index (χ1v) is 5.30. The summed E-state index contributed by atoms with van der Waals surface area (Å²) in [4.78, 5) is 22.3. The SMILES string of the molecule is COC(=O)NCCNC(=O)c1ccc(C)cc1. The third kappa shape index (κ3) is 4.55. The number of hydrogen-bond acceptors (Lipinski definition) is 3. The second-order valence-electron chi connectivity index (χ2n) is 3.54. The average molecular weight is 236 g/mol. The van der Waals surface area contributed by atoms with Crippen molar-refractivity contribution in [3.8, 4) is 0 Å². The zero-order valence-corrected chi connectivity index (χ0v) is 9.95. The fourth-order valence-electron chi connectivity index (χ4n) is 1.22. The van der Waals surface area contributed by atoms with Gasteiger partial charge in [0.1, 0.15) is 0 Å². The van der Waals surface area contributed by atoms with Gasteiger partial charge in [-0.2, -0.15) is 0 Å². The Morgan fingerprint density at radius 1 is 1.12 bits per heavy atom. The highest BCUT2D eigenvalue weighted by Gasteiger charge is 2.04. The molecule has 2 amide bonds. The number of methoxy groups -OCH3 is 1. The third-order valence-corrected chi connectivity index (χ3v) is 2.18. The Bertz CT molecular complexity index is 387. The maximum absolute atomic E-state index is 11.6. The van der Waals surface area contributed by atoms with E-state index in [2.05, 4.69) is 15.4 Å². The van der Waals surface area contributed by atoms with Crippen LogP contribution >= 0.6 is 0 Å². The fraction of sp³-hybridized carbons (Fsp3) is 0.333. The number of aryl methyl sites for hydroxylation is 1. The van der Waals surface area contributed by atoms with Gasteiger partial charge in [-0.05, 0) is 19.1 Å². The third-order valence-electron chi connectivity index (χ3n) is 2.18. The molecule has 0 atom stereocenters.